The first-order valence-electron chi connectivity index (χ1n) is 7.13. The van der Waals surface area contributed by atoms with Crippen molar-refractivity contribution in [1.29, 1.82) is 0 Å². The van der Waals surface area contributed by atoms with Crippen molar-refractivity contribution < 1.29 is 4.74 Å². The smallest absolute Gasteiger partial charge is 0.251 e. The third kappa shape index (κ3) is 2.74. The van der Waals surface area contributed by atoms with Crippen LogP contribution < -0.4 is 10.9 Å². The minimum Gasteiger partial charge on any atom is -0.353 e. The molecule has 0 spiro atoms. The quantitative estimate of drug-likeness (QED) is 0.874. The zero-order valence-electron chi connectivity index (χ0n) is 12.1. The summed E-state index contributed by atoms with van der Waals surface area (Å²) in [6.45, 7) is 2.12. The van der Waals surface area contributed by atoms with Crippen LogP contribution in [0.1, 0.15) is 26.0 Å². The van der Waals surface area contributed by atoms with Gasteiger partial charge >= 0.3 is 0 Å². The van der Waals surface area contributed by atoms with E-state index in [1.807, 2.05) is 17.8 Å². The van der Waals surface area contributed by atoms with Crippen LogP contribution in [-0.4, -0.2) is 38.7 Å². The molecular formula is C14H19N5O2. The molecule has 2 aromatic heterocycles. The highest BCUT2D eigenvalue weighted by Gasteiger charge is 2.33. The summed E-state index contributed by atoms with van der Waals surface area (Å²) in [5, 5.41) is 3.29. The number of hydrogen-bond donors (Lipinski definition) is 2. The Morgan fingerprint density at radius 1 is 1.52 bits per heavy atom. The molecule has 7 nitrogen and oxygen atoms in total. The van der Waals surface area contributed by atoms with Crippen LogP contribution in [-0.2, 0) is 4.74 Å². The van der Waals surface area contributed by atoms with Gasteiger partial charge in [0, 0.05) is 30.9 Å². The van der Waals surface area contributed by atoms with Gasteiger partial charge in [-0.1, -0.05) is 6.92 Å². The van der Waals surface area contributed by atoms with E-state index in [2.05, 4.69) is 27.2 Å². The molecule has 0 amide bonds. The largest absolute Gasteiger partial charge is 0.353 e. The van der Waals surface area contributed by atoms with E-state index in [-0.39, 0.29) is 17.9 Å². The molecule has 1 saturated heterocycles. The highest BCUT2D eigenvalue weighted by molar-refractivity contribution is 5.46. The number of aromatic amines is 1. The van der Waals surface area contributed by atoms with E-state index in [1.165, 1.54) is 12.3 Å². The number of nitrogens with one attached hydrogen (secondary N) is 2. The maximum Gasteiger partial charge on any atom is 0.251 e. The summed E-state index contributed by atoms with van der Waals surface area (Å²) in [6, 6.07) is 1.73. The Morgan fingerprint density at radius 2 is 2.38 bits per heavy atom. The number of hydrogen-bond acceptors (Lipinski definition) is 5. The van der Waals surface area contributed by atoms with Gasteiger partial charge in [0.2, 0.25) is 0 Å². The summed E-state index contributed by atoms with van der Waals surface area (Å²) in [5.74, 6) is 0.469. The molecule has 0 aliphatic carbocycles. The van der Waals surface area contributed by atoms with Gasteiger partial charge in [-0.3, -0.25) is 4.79 Å². The number of nitrogens with zero attached hydrogens (tertiary/aromatic N) is 3. The third-order valence-corrected chi connectivity index (χ3v) is 3.86. The molecule has 1 aliphatic rings. The van der Waals surface area contributed by atoms with Gasteiger partial charge in [0.25, 0.3) is 5.56 Å². The van der Waals surface area contributed by atoms with Crippen LogP contribution >= 0.6 is 0 Å². The van der Waals surface area contributed by atoms with E-state index in [9.17, 15) is 4.79 Å². The van der Waals surface area contributed by atoms with Crippen LogP contribution in [0.3, 0.4) is 0 Å². The Balaban J connectivity index is 1.81. The summed E-state index contributed by atoms with van der Waals surface area (Å²) in [4.78, 5) is 22.4. The van der Waals surface area contributed by atoms with Crippen LogP contribution in [0.5, 0.6) is 0 Å². The van der Waals surface area contributed by atoms with Crippen molar-refractivity contribution in [1.82, 2.24) is 24.8 Å². The predicted octanol–water partition coefficient (Wildman–Crippen LogP) is 0.919. The lowest BCUT2D eigenvalue weighted by Crippen LogP contribution is -2.32. The van der Waals surface area contributed by atoms with E-state index in [0.29, 0.717) is 17.6 Å². The lowest BCUT2D eigenvalue weighted by Gasteiger charge is -2.15. The molecule has 3 atom stereocenters. The zero-order chi connectivity index (χ0) is 14.8. The number of likely N-dealkylation sites (N-methyl/N-ethyl adjacent to an activating group) is 1. The van der Waals surface area contributed by atoms with Crippen molar-refractivity contribution in [3.05, 3.63) is 35.1 Å². The number of H-pyrrole nitrogens is 1. The van der Waals surface area contributed by atoms with Gasteiger partial charge in [-0.2, -0.15) is 0 Å². The van der Waals surface area contributed by atoms with Crippen molar-refractivity contribution in [2.24, 2.45) is 0 Å². The van der Waals surface area contributed by atoms with Crippen LogP contribution in [0.15, 0.2) is 29.6 Å². The summed E-state index contributed by atoms with van der Waals surface area (Å²) in [7, 11) is 1.96. The fourth-order valence-corrected chi connectivity index (χ4v) is 2.71. The first kappa shape index (κ1) is 14.0. The van der Waals surface area contributed by atoms with Crippen molar-refractivity contribution in [2.45, 2.75) is 38.1 Å². The van der Waals surface area contributed by atoms with Crippen molar-refractivity contribution in [3.63, 3.8) is 0 Å². The Morgan fingerprint density at radius 3 is 3.05 bits per heavy atom. The van der Waals surface area contributed by atoms with Gasteiger partial charge in [0.1, 0.15) is 11.9 Å². The van der Waals surface area contributed by atoms with Gasteiger partial charge in [-0.15, -0.1) is 0 Å². The molecule has 0 radical (unpaired) electrons. The van der Waals surface area contributed by atoms with Crippen molar-refractivity contribution in [3.8, 4) is 11.5 Å². The molecule has 0 saturated carbocycles. The summed E-state index contributed by atoms with van der Waals surface area (Å²) in [6.07, 6.45) is 7.08. The van der Waals surface area contributed by atoms with E-state index in [0.717, 1.165) is 12.8 Å². The van der Waals surface area contributed by atoms with Crippen LogP contribution in [0, 0.1) is 0 Å². The Hall–Kier alpha value is -1.99. The molecule has 2 N–H and O–H groups in total. The number of aromatic nitrogens is 4. The minimum atomic E-state index is -0.187. The first-order valence-corrected chi connectivity index (χ1v) is 7.13. The molecule has 21 heavy (non-hydrogen) atoms. The van der Waals surface area contributed by atoms with Crippen molar-refractivity contribution in [2.75, 3.05) is 7.05 Å². The first-order chi connectivity index (χ1) is 10.2. The minimum absolute atomic E-state index is 0.0379. The topological polar surface area (TPSA) is 84.8 Å². The molecule has 0 bridgehead atoms. The monoisotopic (exact) mass is 289 g/mol. The molecule has 2 aromatic rings. The Kier molecular flexibility index (Phi) is 3.85. The lowest BCUT2D eigenvalue weighted by atomic mass is 10.1. The Bertz CT molecular complexity index is 653. The maximum absolute atomic E-state index is 11.3. The molecule has 1 unspecified atom stereocenters. The lowest BCUT2D eigenvalue weighted by molar-refractivity contribution is -0.00270. The van der Waals surface area contributed by atoms with E-state index in [1.54, 1.807) is 6.33 Å². The second-order valence-corrected chi connectivity index (χ2v) is 5.16. The van der Waals surface area contributed by atoms with E-state index in [4.69, 9.17) is 4.74 Å². The summed E-state index contributed by atoms with van der Waals surface area (Å²) < 4.78 is 7.97. The highest BCUT2D eigenvalue weighted by Crippen LogP contribution is 2.30. The van der Waals surface area contributed by atoms with Gasteiger partial charge in [-0.05, 0) is 13.5 Å². The van der Waals surface area contributed by atoms with Crippen LogP contribution in [0.2, 0.25) is 0 Å². The average Bonchev–Trinajstić information content (AvgIpc) is 3.13. The molecular weight excluding hydrogens is 270 g/mol. The average molecular weight is 289 g/mol. The molecule has 1 fully saturated rings. The molecule has 7 heteroatoms. The normalized spacial score (nSPS) is 25.3. The second kappa shape index (κ2) is 5.79. The number of rotatable bonds is 4. The fraction of sp³-hybridized carbons (Fsp3) is 0.500. The van der Waals surface area contributed by atoms with Gasteiger partial charge in [0.05, 0.1) is 12.4 Å². The number of ether oxygens (including phenoxy) is 1. The van der Waals surface area contributed by atoms with Gasteiger partial charge < -0.3 is 19.6 Å². The molecule has 112 valence electrons. The summed E-state index contributed by atoms with van der Waals surface area (Å²) >= 11 is 0. The van der Waals surface area contributed by atoms with Crippen LogP contribution in [0.4, 0.5) is 0 Å². The SMILES string of the molecule is CC[C@H]1O[C@@H](n2cnc(-c3nccc(=O)[nH]3)c2)CC1NC. The fourth-order valence-electron chi connectivity index (χ4n) is 2.71. The van der Waals surface area contributed by atoms with Gasteiger partial charge in [-0.25, -0.2) is 9.97 Å². The molecule has 3 rings (SSSR count). The highest BCUT2D eigenvalue weighted by atomic mass is 16.5. The van der Waals surface area contributed by atoms with E-state index < -0.39 is 0 Å². The van der Waals surface area contributed by atoms with Gasteiger partial charge in [0.15, 0.2) is 5.82 Å². The molecule has 3 heterocycles. The predicted molar refractivity (Wildman–Crippen MR) is 77.7 cm³/mol. The standard InChI is InChI=1S/C14H19N5O2/c1-3-11-9(15-2)6-13(21-11)19-7-10(17-8-19)14-16-5-4-12(20)18-14/h4-5,7-9,11,13,15H,3,6H2,1-2H3,(H,16,18,20)/t9?,11-,13-/m1/s1. The van der Waals surface area contributed by atoms with Crippen molar-refractivity contribution >= 4 is 0 Å². The molecule has 1 aliphatic heterocycles. The summed E-state index contributed by atoms with van der Waals surface area (Å²) in [5.41, 5.74) is 0.449. The molecule has 0 aromatic carbocycles. The second-order valence-electron chi connectivity index (χ2n) is 5.16. The Labute approximate surface area is 122 Å². The van der Waals surface area contributed by atoms with Crippen LogP contribution in [0.25, 0.3) is 11.5 Å². The maximum atomic E-state index is 11.3. The zero-order valence-corrected chi connectivity index (χ0v) is 12.1. The van der Waals surface area contributed by atoms with E-state index >= 15 is 0 Å². The third-order valence-electron chi connectivity index (χ3n) is 3.86. The number of imidazole rings is 1.